The topological polar surface area (TPSA) is 12.9 Å². The van der Waals surface area contributed by atoms with Crippen LogP contribution in [0.15, 0.2) is 22.5 Å². The number of thiol groups is 1. The van der Waals surface area contributed by atoms with Crippen LogP contribution in [0.1, 0.15) is 0 Å². The molecule has 1 heterocycles. The summed E-state index contributed by atoms with van der Waals surface area (Å²) in [5.41, 5.74) is 1.04. The van der Waals surface area contributed by atoms with Gasteiger partial charge in [-0.3, -0.25) is 0 Å². The van der Waals surface area contributed by atoms with Gasteiger partial charge in [-0.25, -0.2) is 4.98 Å². The Balaban J connectivity index is 2.82. The Kier molecular flexibility index (Phi) is 2.07. The van der Waals surface area contributed by atoms with Gasteiger partial charge in [0.2, 0.25) is 0 Å². The van der Waals surface area contributed by atoms with E-state index in [0.29, 0.717) is 0 Å². The fraction of sp³-hybridized carbons (Fsp3) is 0. The number of halogens is 1. The van der Waals surface area contributed by atoms with Crippen LogP contribution in [0, 0.1) is 3.57 Å². The van der Waals surface area contributed by atoms with Gasteiger partial charge in [-0.05, 0) is 40.8 Å². The van der Waals surface area contributed by atoms with Gasteiger partial charge in [0.25, 0.3) is 0 Å². The Hall–Kier alpha value is 0.190. The SMILES string of the molecule is Sc1nc2ccc(I)cc2s1. The van der Waals surface area contributed by atoms with E-state index in [1.54, 1.807) is 11.3 Å². The van der Waals surface area contributed by atoms with Crippen molar-refractivity contribution in [2.24, 2.45) is 0 Å². The van der Waals surface area contributed by atoms with Crippen molar-refractivity contribution in [2.75, 3.05) is 0 Å². The van der Waals surface area contributed by atoms with Crippen LogP contribution in [0.3, 0.4) is 0 Å². The summed E-state index contributed by atoms with van der Waals surface area (Å²) >= 11 is 8.09. The van der Waals surface area contributed by atoms with Crippen molar-refractivity contribution >= 4 is 56.8 Å². The number of rotatable bonds is 0. The van der Waals surface area contributed by atoms with Crippen molar-refractivity contribution in [3.63, 3.8) is 0 Å². The second-order valence-corrected chi connectivity index (χ2v) is 5.11. The summed E-state index contributed by atoms with van der Waals surface area (Å²) in [5, 5.41) is 0. The number of hydrogen-bond acceptors (Lipinski definition) is 3. The quantitative estimate of drug-likeness (QED) is 0.581. The van der Waals surface area contributed by atoms with Crippen molar-refractivity contribution < 1.29 is 0 Å². The smallest absolute Gasteiger partial charge is 0.148 e. The van der Waals surface area contributed by atoms with Gasteiger partial charge in [0.1, 0.15) is 4.34 Å². The average Bonchev–Trinajstić information content (AvgIpc) is 2.27. The third-order valence-corrected chi connectivity index (χ3v) is 3.20. The highest BCUT2D eigenvalue weighted by molar-refractivity contribution is 14.1. The summed E-state index contributed by atoms with van der Waals surface area (Å²) in [6.07, 6.45) is 0. The molecule has 2 rings (SSSR count). The molecule has 2 aromatic rings. The van der Waals surface area contributed by atoms with E-state index in [1.165, 1.54) is 8.27 Å². The molecule has 11 heavy (non-hydrogen) atoms. The van der Waals surface area contributed by atoms with Crippen LogP contribution < -0.4 is 0 Å². The van der Waals surface area contributed by atoms with E-state index in [9.17, 15) is 0 Å². The summed E-state index contributed by atoms with van der Waals surface area (Å²) in [5.74, 6) is 0. The molecule has 0 radical (unpaired) electrons. The molecule has 0 saturated heterocycles. The molecule has 0 aliphatic carbocycles. The fourth-order valence-electron chi connectivity index (χ4n) is 0.886. The van der Waals surface area contributed by atoms with Gasteiger partial charge in [-0.15, -0.1) is 24.0 Å². The van der Waals surface area contributed by atoms with Crippen LogP contribution in [-0.4, -0.2) is 4.98 Å². The molecule has 0 saturated carbocycles. The van der Waals surface area contributed by atoms with Crippen LogP contribution >= 0.6 is 46.6 Å². The van der Waals surface area contributed by atoms with Gasteiger partial charge in [-0.2, -0.15) is 0 Å². The molecule has 0 aliphatic rings. The molecule has 1 aromatic carbocycles. The third kappa shape index (κ3) is 1.52. The maximum absolute atomic E-state index is 4.23. The van der Waals surface area contributed by atoms with E-state index < -0.39 is 0 Å². The monoisotopic (exact) mass is 293 g/mol. The van der Waals surface area contributed by atoms with Gasteiger partial charge >= 0.3 is 0 Å². The first-order chi connectivity index (χ1) is 5.25. The van der Waals surface area contributed by atoms with Crippen LogP contribution in [0.2, 0.25) is 0 Å². The highest BCUT2D eigenvalue weighted by atomic mass is 127. The minimum absolute atomic E-state index is 0.835. The number of hydrogen-bond donors (Lipinski definition) is 1. The van der Waals surface area contributed by atoms with Crippen molar-refractivity contribution in [2.45, 2.75) is 4.34 Å². The lowest BCUT2D eigenvalue weighted by Crippen LogP contribution is -1.69. The molecule has 0 unspecified atom stereocenters. The zero-order valence-corrected chi connectivity index (χ0v) is 9.28. The molecular weight excluding hydrogens is 289 g/mol. The largest absolute Gasteiger partial charge is 0.230 e. The Labute approximate surface area is 87.4 Å². The fourth-order valence-corrected chi connectivity index (χ4v) is 2.74. The summed E-state index contributed by atoms with van der Waals surface area (Å²) in [4.78, 5) is 4.23. The Morgan fingerprint density at radius 2 is 2.27 bits per heavy atom. The predicted molar refractivity (Wildman–Crippen MR) is 59.6 cm³/mol. The minimum Gasteiger partial charge on any atom is -0.230 e. The van der Waals surface area contributed by atoms with E-state index in [4.69, 9.17) is 0 Å². The minimum atomic E-state index is 0.835. The Morgan fingerprint density at radius 3 is 3.09 bits per heavy atom. The van der Waals surface area contributed by atoms with Crippen molar-refractivity contribution in [1.82, 2.24) is 4.98 Å². The standard InChI is InChI=1S/C7H4INS2/c8-4-1-2-5-6(3-4)11-7(10)9-5/h1-3H,(H,9,10). The molecule has 4 heteroatoms. The lowest BCUT2D eigenvalue weighted by molar-refractivity contribution is 1.31. The highest BCUT2D eigenvalue weighted by Gasteiger charge is 1.99. The zero-order valence-electron chi connectivity index (χ0n) is 5.41. The van der Waals surface area contributed by atoms with Gasteiger partial charge < -0.3 is 0 Å². The molecule has 0 atom stereocenters. The average molecular weight is 293 g/mol. The molecule has 56 valence electrons. The van der Waals surface area contributed by atoms with E-state index in [-0.39, 0.29) is 0 Å². The maximum atomic E-state index is 4.23. The molecule has 1 nitrogen and oxygen atoms in total. The molecule has 1 aromatic heterocycles. The van der Waals surface area contributed by atoms with Crippen LogP contribution in [0.5, 0.6) is 0 Å². The molecule has 0 amide bonds. The first-order valence-corrected chi connectivity index (χ1v) is 5.35. The van der Waals surface area contributed by atoms with Crippen LogP contribution in [0.25, 0.3) is 10.2 Å². The lowest BCUT2D eigenvalue weighted by Gasteiger charge is -1.86. The predicted octanol–water partition coefficient (Wildman–Crippen LogP) is 3.19. The van der Waals surface area contributed by atoms with Gasteiger partial charge in [0.15, 0.2) is 0 Å². The first kappa shape index (κ1) is 7.82. The van der Waals surface area contributed by atoms with Crippen LogP contribution in [0.4, 0.5) is 0 Å². The molecular formula is C7H4INS2. The first-order valence-electron chi connectivity index (χ1n) is 3.01. The van der Waals surface area contributed by atoms with E-state index in [1.807, 2.05) is 6.07 Å². The van der Waals surface area contributed by atoms with Gasteiger partial charge in [0.05, 0.1) is 10.2 Å². The van der Waals surface area contributed by atoms with Crippen molar-refractivity contribution in [3.05, 3.63) is 21.8 Å². The van der Waals surface area contributed by atoms with Crippen LogP contribution in [-0.2, 0) is 0 Å². The third-order valence-electron chi connectivity index (χ3n) is 1.34. The molecule has 0 aliphatic heterocycles. The van der Waals surface area contributed by atoms with E-state index >= 15 is 0 Å². The summed E-state index contributed by atoms with van der Waals surface area (Å²) in [6.45, 7) is 0. The number of aromatic nitrogens is 1. The number of nitrogens with zero attached hydrogens (tertiary/aromatic N) is 1. The number of fused-ring (bicyclic) bond motifs is 1. The summed E-state index contributed by atoms with van der Waals surface area (Å²) in [6, 6.07) is 6.19. The lowest BCUT2D eigenvalue weighted by atomic mass is 10.3. The maximum Gasteiger partial charge on any atom is 0.148 e. The summed E-state index contributed by atoms with van der Waals surface area (Å²) in [7, 11) is 0. The normalized spacial score (nSPS) is 10.7. The molecule has 0 fully saturated rings. The Morgan fingerprint density at radius 1 is 1.45 bits per heavy atom. The van der Waals surface area contributed by atoms with Gasteiger partial charge in [0, 0.05) is 3.57 Å². The molecule has 0 N–H and O–H groups in total. The van der Waals surface area contributed by atoms with Crippen molar-refractivity contribution in [3.8, 4) is 0 Å². The number of benzene rings is 1. The zero-order chi connectivity index (χ0) is 7.84. The van der Waals surface area contributed by atoms with E-state index in [0.717, 1.165) is 9.86 Å². The number of thiazole rings is 1. The second-order valence-electron chi connectivity index (χ2n) is 2.11. The Bertz CT molecular complexity index is 396. The molecule has 0 spiro atoms. The van der Waals surface area contributed by atoms with Crippen molar-refractivity contribution in [1.29, 1.82) is 0 Å². The van der Waals surface area contributed by atoms with E-state index in [2.05, 4.69) is 52.3 Å². The second kappa shape index (κ2) is 2.91. The highest BCUT2D eigenvalue weighted by Crippen LogP contribution is 2.25. The summed E-state index contributed by atoms with van der Waals surface area (Å²) < 4.78 is 3.29. The molecule has 0 bridgehead atoms. The van der Waals surface area contributed by atoms with Gasteiger partial charge in [-0.1, -0.05) is 0 Å².